The van der Waals surface area contributed by atoms with Crippen LogP contribution < -0.4 is 10.9 Å². The highest BCUT2D eigenvalue weighted by molar-refractivity contribution is 5.94. The number of hydrogen-bond donors (Lipinski definition) is 3. The third kappa shape index (κ3) is 3.84. The largest absolute Gasteiger partial charge is 0.463 e. The normalized spacial score (nSPS) is 11.9. The van der Waals surface area contributed by atoms with Crippen molar-refractivity contribution in [3.05, 3.63) is 82.1 Å². The van der Waals surface area contributed by atoms with Crippen molar-refractivity contribution in [2.75, 3.05) is 6.54 Å². The number of benzene rings is 1. The Bertz CT molecular complexity index is 934. The SMILES string of the molecule is O=C(NC[C@@H](O)c1cccc(F)c1)c1ccc(-c2ccco2)[nH]c1=O. The molecule has 3 rings (SSSR count). The maximum Gasteiger partial charge on any atom is 0.261 e. The Labute approximate surface area is 141 Å². The van der Waals surface area contributed by atoms with Crippen LogP contribution in [0.1, 0.15) is 22.0 Å². The molecule has 0 saturated heterocycles. The zero-order valence-corrected chi connectivity index (χ0v) is 13.0. The highest BCUT2D eigenvalue weighted by Gasteiger charge is 2.15. The smallest absolute Gasteiger partial charge is 0.261 e. The fraction of sp³-hybridized carbons (Fsp3) is 0.111. The van der Waals surface area contributed by atoms with Crippen LogP contribution in [0.5, 0.6) is 0 Å². The summed E-state index contributed by atoms with van der Waals surface area (Å²) in [6.45, 7) is -0.151. The Morgan fingerprint density at radius 1 is 1.24 bits per heavy atom. The number of aromatic amines is 1. The van der Waals surface area contributed by atoms with Gasteiger partial charge in [-0.1, -0.05) is 12.1 Å². The predicted molar refractivity (Wildman–Crippen MR) is 88.5 cm³/mol. The van der Waals surface area contributed by atoms with Crippen molar-refractivity contribution >= 4 is 5.91 Å². The van der Waals surface area contributed by atoms with Crippen LogP contribution in [-0.2, 0) is 0 Å². The fourth-order valence-corrected chi connectivity index (χ4v) is 2.34. The zero-order valence-electron chi connectivity index (χ0n) is 13.0. The Hall–Kier alpha value is -3.19. The standard InChI is InChI=1S/C18H15FN2O4/c19-12-4-1-3-11(9-12)15(22)10-20-17(23)13-6-7-14(21-18(13)24)16-5-2-8-25-16/h1-9,15,22H,10H2,(H,20,23)(H,21,24)/t15-/m1/s1. The molecular formula is C18H15FN2O4. The van der Waals surface area contributed by atoms with Crippen molar-refractivity contribution in [1.82, 2.24) is 10.3 Å². The van der Waals surface area contributed by atoms with Crippen LogP contribution in [0.2, 0.25) is 0 Å². The lowest BCUT2D eigenvalue weighted by Crippen LogP contribution is -2.32. The lowest BCUT2D eigenvalue weighted by atomic mass is 10.1. The topological polar surface area (TPSA) is 95.3 Å². The van der Waals surface area contributed by atoms with E-state index in [9.17, 15) is 19.1 Å². The average Bonchev–Trinajstić information content (AvgIpc) is 3.14. The number of halogens is 1. The van der Waals surface area contributed by atoms with Crippen LogP contribution in [0, 0.1) is 5.82 Å². The lowest BCUT2D eigenvalue weighted by molar-refractivity contribution is 0.0914. The molecule has 0 bridgehead atoms. The molecule has 6 nitrogen and oxygen atoms in total. The van der Waals surface area contributed by atoms with Gasteiger partial charge in [-0.05, 0) is 42.0 Å². The number of rotatable bonds is 5. The van der Waals surface area contributed by atoms with E-state index >= 15 is 0 Å². The number of aliphatic hydroxyl groups is 1. The van der Waals surface area contributed by atoms with Crippen molar-refractivity contribution in [3.8, 4) is 11.5 Å². The van der Waals surface area contributed by atoms with Crippen molar-refractivity contribution < 1.29 is 18.7 Å². The molecule has 3 aromatic rings. The summed E-state index contributed by atoms with van der Waals surface area (Å²) < 4.78 is 18.3. The summed E-state index contributed by atoms with van der Waals surface area (Å²) in [5.74, 6) is -0.638. The summed E-state index contributed by atoms with van der Waals surface area (Å²) in [6, 6.07) is 11.7. The van der Waals surface area contributed by atoms with Crippen LogP contribution in [0.15, 0.2) is 64.0 Å². The van der Waals surface area contributed by atoms with Gasteiger partial charge in [-0.2, -0.15) is 0 Å². The third-order valence-corrected chi connectivity index (χ3v) is 3.63. The fourth-order valence-electron chi connectivity index (χ4n) is 2.34. The van der Waals surface area contributed by atoms with Crippen molar-refractivity contribution in [2.45, 2.75) is 6.10 Å². The molecule has 0 saturated carbocycles. The number of H-pyrrole nitrogens is 1. The molecule has 3 N–H and O–H groups in total. The van der Waals surface area contributed by atoms with Gasteiger partial charge in [0.05, 0.1) is 18.1 Å². The Kier molecular flexibility index (Phi) is 4.76. The second kappa shape index (κ2) is 7.14. The van der Waals surface area contributed by atoms with E-state index in [-0.39, 0.29) is 12.1 Å². The number of nitrogens with one attached hydrogen (secondary N) is 2. The molecule has 0 aliphatic carbocycles. The molecule has 1 amide bonds. The summed E-state index contributed by atoms with van der Waals surface area (Å²) >= 11 is 0. The average molecular weight is 342 g/mol. The van der Waals surface area contributed by atoms with Crippen molar-refractivity contribution in [1.29, 1.82) is 0 Å². The minimum Gasteiger partial charge on any atom is -0.463 e. The Balaban J connectivity index is 1.68. The number of carbonyl (C=O) groups is 1. The molecule has 0 unspecified atom stereocenters. The molecule has 0 fully saturated rings. The Morgan fingerprint density at radius 2 is 2.08 bits per heavy atom. The molecule has 0 spiro atoms. The second-order valence-corrected chi connectivity index (χ2v) is 5.37. The highest BCUT2D eigenvalue weighted by atomic mass is 19.1. The van der Waals surface area contributed by atoms with Gasteiger partial charge in [0.2, 0.25) is 0 Å². The molecule has 128 valence electrons. The van der Waals surface area contributed by atoms with Crippen LogP contribution in [0.25, 0.3) is 11.5 Å². The van der Waals surface area contributed by atoms with Gasteiger partial charge in [0, 0.05) is 6.54 Å². The van der Waals surface area contributed by atoms with Gasteiger partial charge in [-0.15, -0.1) is 0 Å². The molecule has 0 radical (unpaired) electrons. The van der Waals surface area contributed by atoms with Crippen LogP contribution in [-0.4, -0.2) is 22.5 Å². The van der Waals surface area contributed by atoms with Gasteiger partial charge in [-0.25, -0.2) is 4.39 Å². The summed E-state index contributed by atoms with van der Waals surface area (Å²) in [7, 11) is 0. The number of aliphatic hydroxyl groups excluding tert-OH is 1. The van der Waals surface area contributed by atoms with E-state index < -0.39 is 23.4 Å². The summed E-state index contributed by atoms with van der Waals surface area (Å²) in [6.07, 6.45) is 0.392. The molecule has 0 aliphatic heterocycles. The van der Waals surface area contributed by atoms with Gasteiger partial charge >= 0.3 is 0 Å². The molecule has 25 heavy (non-hydrogen) atoms. The maximum absolute atomic E-state index is 13.1. The van der Waals surface area contributed by atoms with E-state index in [2.05, 4.69) is 10.3 Å². The lowest BCUT2D eigenvalue weighted by Gasteiger charge is -2.12. The molecule has 7 heteroatoms. The molecule has 0 aliphatic rings. The number of pyridine rings is 1. The van der Waals surface area contributed by atoms with E-state index in [1.165, 1.54) is 30.5 Å². The first-order valence-electron chi connectivity index (χ1n) is 7.53. The van der Waals surface area contributed by atoms with Gasteiger partial charge in [-0.3, -0.25) is 9.59 Å². The predicted octanol–water partition coefficient (Wildman–Crippen LogP) is 2.24. The summed E-state index contributed by atoms with van der Waals surface area (Å²) in [5, 5.41) is 12.5. The number of furan rings is 1. The first-order chi connectivity index (χ1) is 12.0. The number of amides is 1. The van der Waals surface area contributed by atoms with Crippen LogP contribution in [0.3, 0.4) is 0 Å². The first kappa shape index (κ1) is 16.7. The number of carbonyl (C=O) groups excluding carboxylic acids is 1. The van der Waals surface area contributed by atoms with E-state index in [1.54, 1.807) is 24.3 Å². The monoisotopic (exact) mass is 342 g/mol. The molecule has 2 aromatic heterocycles. The molecule has 1 aromatic carbocycles. The highest BCUT2D eigenvalue weighted by Crippen LogP contribution is 2.16. The summed E-state index contributed by atoms with van der Waals surface area (Å²) in [5.41, 5.74) is 0.113. The first-order valence-corrected chi connectivity index (χ1v) is 7.53. The summed E-state index contributed by atoms with van der Waals surface area (Å²) in [4.78, 5) is 26.8. The second-order valence-electron chi connectivity index (χ2n) is 5.37. The van der Waals surface area contributed by atoms with Crippen LogP contribution in [0.4, 0.5) is 4.39 Å². The van der Waals surface area contributed by atoms with Gasteiger partial charge < -0.3 is 19.8 Å². The molecule has 1 atom stereocenters. The zero-order chi connectivity index (χ0) is 17.8. The van der Waals surface area contributed by atoms with Gasteiger partial charge in [0.1, 0.15) is 17.1 Å². The number of aromatic nitrogens is 1. The van der Waals surface area contributed by atoms with E-state index in [4.69, 9.17) is 4.42 Å². The van der Waals surface area contributed by atoms with Crippen LogP contribution >= 0.6 is 0 Å². The third-order valence-electron chi connectivity index (χ3n) is 3.63. The van der Waals surface area contributed by atoms with Gasteiger partial charge in [0.15, 0.2) is 0 Å². The molecular weight excluding hydrogens is 327 g/mol. The minimum atomic E-state index is -1.08. The molecule has 2 heterocycles. The quantitative estimate of drug-likeness (QED) is 0.663. The van der Waals surface area contributed by atoms with Crippen molar-refractivity contribution in [3.63, 3.8) is 0 Å². The van der Waals surface area contributed by atoms with E-state index in [0.29, 0.717) is 17.0 Å². The van der Waals surface area contributed by atoms with Crippen molar-refractivity contribution in [2.24, 2.45) is 0 Å². The van der Waals surface area contributed by atoms with E-state index in [0.717, 1.165) is 0 Å². The number of hydrogen-bond acceptors (Lipinski definition) is 4. The van der Waals surface area contributed by atoms with Gasteiger partial charge in [0.25, 0.3) is 11.5 Å². The minimum absolute atomic E-state index is 0.0956. The Morgan fingerprint density at radius 3 is 2.76 bits per heavy atom. The van der Waals surface area contributed by atoms with E-state index in [1.807, 2.05) is 0 Å². The maximum atomic E-state index is 13.1.